The number of nitrogens with zero attached hydrogens (tertiary/aromatic N) is 1. The van der Waals surface area contributed by atoms with E-state index in [0.29, 0.717) is 19.4 Å². The highest BCUT2D eigenvalue weighted by atomic mass is 32.2. The number of allylic oxidation sites excluding steroid dienone is 2. The number of para-hydroxylation sites is 1. The standard InChI is InChI=1S/C26H34N4O4S/c1-16(27-2)23(31)29-19-10-14-35-21-15-26(11-5-6-12-26)22(30(21)25(19)33)24(32)28-18-9-13-34-20-8-4-3-7-17(18)20/h3-8,16,18-19,21-22,27H,9-15H2,1-2H3,(H,28,32)(H,29,31)/t16-,18+,19-,21-,22+/m0/s1. The number of nitrogens with one attached hydrogen (secondary N) is 3. The van der Waals surface area contributed by atoms with Gasteiger partial charge in [0.1, 0.15) is 17.8 Å². The molecule has 2 saturated heterocycles. The van der Waals surface area contributed by atoms with E-state index in [1.807, 2.05) is 24.3 Å². The SMILES string of the molecule is CN[C@@H](C)C(=O)N[C@H]1CCS[C@H]2CC3(CC=CC3)[C@@H](C(=O)N[C@@H]3CCOc4ccccc43)N2C1=O. The second kappa shape index (κ2) is 9.85. The molecule has 2 fully saturated rings. The summed E-state index contributed by atoms with van der Waals surface area (Å²) >= 11 is 1.73. The van der Waals surface area contributed by atoms with Crippen molar-refractivity contribution in [1.29, 1.82) is 0 Å². The second-order valence-electron chi connectivity index (χ2n) is 10.0. The van der Waals surface area contributed by atoms with Crippen LogP contribution in [-0.2, 0) is 14.4 Å². The van der Waals surface area contributed by atoms with Crippen LogP contribution in [0.2, 0.25) is 0 Å². The lowest BCUT2D eigenvalue weighted by Gasteiger charge is -2.37. The van der Waals surface area contributed by atoms with E-state index in [9.17, 15) is 14.4 Å². The molecule has 9 heteroatoms. The average Bonchev–Trinajstić information content (AvgIpc) is 3.43. The fourth-order valence-electron chi connectivity index (χ4n) is 5.87. The van der Waals surface area contributed by atoms with Gasteiger partial charge < -0.3 is 25.6 Å². The van der Waals surface area contributed by atoms with Crippen LogP contribution in [0.3, 0.4) is 0 Å². The maximum atomic E-state index is 14.0. The van der Waals surface area contributed by atoms with Gasteiger partial charge in [-0.25, -0.2) is 0 Å². The Morgan fingerprint density at radius 1 is 1.14 bits per heavy atom. The number of rotatable bonds is 5. The molecule has 1 aromatic rings. The quantitative estimate of drug-likeness (QED) is 0.538. The minimum absolute atomic E-state index is 0.0660. The van der Waals surface area contributed by atoms with Gasteiger partial charge in [0.15, 0.2) is 0 Å². The van der Waals surface area contributed by atoms with E-state index in [0.717, 1.165) is 36.3 Å². The van der Waals surface area contributed by atoms with Crippen molar-refractivity contribution < 1.29 is 19.1 Å². The minimum Gasteiger partial charge on any atom is -0.493 e. The molecule has 0 aromatic heterocycles. The second-order valence-corrected chi connectivity index (χ2v) is 11.3. The predicted molar refractivity (Wildman–Crippen MR) is 135 cm³/mol. The molecule has 5 rings (SSSR count). The van der Waals surface area contributed by atoms with Gasteiger partial charge in [0.2, 0.25) is 17.7 Å². The molecular weight excluding hydrogens is 464 g/mol. The fourth-order valence-corrected chi connectivity index (χ4v) is 7.35. The Bertz CT molecular complexity index is 1020. The zero-order valence-corrected chi connectivity index (χ0v) is 21.1. The summed E-state index contributed by atoms with van der Waals surface area (Å²) in [5, 5.41) is 9.07. The molecule has 188 valence electrons. The lowest BCUT2D eigenvalue weighted by molar-refractivity contribution is -0.144. The van der Waals surface area contributed by atoms with E-state index in [1.54, 1.807) is 30.6 Å². The molecule has 8 nitrogen and oxygen atoms in total. The number of hydrogen-bond donors (Lipinski definition) is 3. The molecule has 0 unspecified atom stereocenters. The van der Waals surface area contributed by atoms with Gasteiger partial charge in [-0.15, -0.1) is 11.8 Å². The number of likely N-dealkylation sites (N-methyl/N-ethyl adjacent to an activating group) is 1. The predicted octanol–water partition coefficient (Wildman–Crippen LogP) is 2.12. The van der Waals surface area contributed by atoms with Gasteiger partial charge in [-0.05, 0) is 51.5 Å². The molecule has 1 aliphatic carbocycles. The Morgan fingerprint density at radius 2 is 1.91 bits per heavy atom. The van der Waals surface area contributed by atoms with E-state index >= 15 is 0 Å². The Labute approximate surface area is 210 Å². The Balaban J connectivity index is 1.42. The van der Waals surface area contributed by atoms with Gasteiger partial charge >= 0.3 is 0 Å². The maximum Gasteiger partial charge on any atom is 0.246 e. The van der Waals surface area contributed by atoms with Gasteiger partial charge in [0.25, 0.3) is 0 Å². The van der Waals surface area contributed by atoms with Crippen molar-refractivity contribution in [2.75, 3.05) is 19.4 Å². The highest BCUT2D eigenvalue weighted by molar-refractivity contribution is 7.99. The molecular formula is C26H34N4O4S. The molecule has 3 amide bonds. The first-order valence-corrected chi connectivity index (χ1v) is 13.6. The van der Waals surface area contributed by atoms with E-state index < -0.39 is 18.1 Å². The molecule has 0 bridgehead atoms. The van der Waals surface area contributed by atoms with E-state index in [1.165, 1.54) is 0 Å². The normalized spacial score (nSPS) is 29.7. The summed E-state index contributed by atoms with van der Waals surface area (Å²) < 4.78 is 5.78. The number of benzene rings is 1. The lowest BCUT2D eigenvalue weighted by atomic mass is 9.77. The van der Waals surface area contributed by atoms with Gasteiger partial charge in [-0.3, -0.25) is 14.4 Å². The molecule has 3 N–H and O–H groups in total. The minimum atomic E-state index is -0.626. The number of carbonyl (C=O) groups excluding carboxylic acids is 3. The molecule has 3 heterocycles. The van der Waals surface area contributed by atoms with Crippen LogP contribution in [0, 0.1) is 5.41 Å². The number of thioether (sulfide) groups is 1. The number of carbonyl (C=O) groups is 3. The van der Waals surface area contributed by atoms with Crippen molar-refractivity contribution in [3.8, 4) is 5.75 Å². The largest absolute Gasteiger partial charge is 0.493 e. The molecule has 0 saturated carbocycles. The van der Waals surface area contributed by atoms with Crippen LogP contribution >= 0.6 is 11.8 Å². The number of ether oxygens (including phenoxy) is 1. The van der Waals surface area contributed by atoms with Crippen molar-refractivity contribution in [3.63, 3.8) is 0 Å². The monoisotopic (exact) mass is 498 g/mol. The summed E-state index contributed by atoms with van der Waals surface area (Å²) in [5.41, 5.74) is 0.676. The Hall–Kier alpha value is -2.52. The Morgan fingerprint density at radius 3 is 2.69 bits per heavy atom. The van der Waals surface area contributed by atoms with Gasteiger partial charge in [0.05, 0.1) is 24.1 Å². The van der Waals surface area contributed by atoms with Crippen LogP contribution in [-0.4, -0.2) is 65.5 Å². The van der Waals surface area contributed by atoms with Crippen LogP contribution < -0.4 is 20.7 Å². The van der Waals surface area contributed by atoms with Crippen molar-refractivity contribution in [2.45, 2.75) is 68.6 Å². The summed E-state index contributed by atoms with van der Waals surface area (Å²) in [7, 11) is 1.72. The molecule has 1 aromatic carbocycles. The van der Waals surface area contributed by atoms with Crippen LogP contribution in [0.1, 0.15) is 50.6 Å². The van der Waals surface area contributed by atoms with Crippen molar-refractivity contribution in [3.05, 3.63) is 42.0 Å². The van der Waals surface area contributed by atoms with Crippen LogP contribution in [0.5, 0.6) is 5.75 Å². The first kappa shape index (κ1) is 24.2. The molecule has 1 spiro atoms. The fraction of sp³-hybridized carbons (Fsp3) is 0.577. The first-order chi connectivity index (χ1) is 16.9. The lowest BCUT2D eigenvalue weighted by Crippen LogP contribution is -2.58. The molecule has 3 aliphatic heterocycles. The number of hydrogen-bond acceptors (Lipinski definition) is 6. The summed E-state index contributed by atoms with van der Waals surface area (Å²) in [4.78, 5) is 42.3. The first-order valence-electron chi connectivity index (χ1n) is 12.5. The average molecular weight is 499 g/mol. The van der Waals surface area contributed by atoms with E-state index in [2.05, 4.69) is 28.1 Å². The summed E-state index contributed by atoms with van der Waals surface area (Å²) in [6.45, 7) is 2.31. The highest BCUT2D eigenvalue weighted by Crippen LogP contribution is 2.53. The van der Waals surface area contributed by atoms with E-state index in [4.69, 9.17) is 4.74 Å². The molecule has 5 atom stereocenters. The van der Waals surface area contributed by atoms with Crippen molar-refractivity contribution in [1.82, 2.24) is 20.9 Å². The molecule has 0 radical (unpaired) electrons. The van der Waals surface area contributed by atoms with Crippen molar-refractivity contribution >= 4 is 29.5 Å². The maximum absolute atomic E-state index is 14.0. The molecule has 4 aliphatic rings. The molecule has 35 heavy (non-hydrogen) atoms. The van der Waals surface area contributed by atoms with Crippen molar-refractivity contribution in [2.24, 2.45) is 5.41 Å². The van der Waals surface area contributed by atoms with Crippen LogP contribution in [0.4, 0.5) is 0 Å². The van der Waals surface area contributed by atoms with Gasteiger partial charge in [-0.2, -0.15) is 0 Å². The van der Waals surface area contributed by atoms with E-state index in [-0.39, 0.29) is 34.6 Å². The van der Waals surface area contributed by atoms with Gasteiger partial charge in [0, 0.05) is 17.4 Å². The van der Waals surface area contributed by atoms with Gasteiger partial charge in [-0.1, -0.05) is 30.4 Å². The number of fused-ring (bicyclic) bond motifs is 2. The zero-order valence-electron chi connectivity index (χ0n) is 20.3. The third kappa shape index (κ3) is 4.44. The third-order valence-electron chi connectivity index (χ3n) is 7.90. The number of amides is 3. The Kier molecular flexibility index (Phi) is 6.81. The summed E-state index contributed by atoms with van der Waals surface area (Å²) in [5.74, 6) is 1.10. The third-order valence-corrected chi connectivity index (χ3v) is 9.15. The smallest absolute Gasteiger partial charge is 0.246 e. The summed E-state index contributed by atoms with van der Waals surface area (Å²) in [6.07, 6.45) is 7.87. The van der Waals surface area contributed by atoms with Crippen LogP contribution in [0.15, 0.2) is 36.4 Å². The topological polar surface area (TPSA) is 99.8 Å². The zero-order chi connectivity index (χ0) is 24.6. The van der Waals surface area contributed by atoms with Crippen LogP contribution in [0.25, 0.3) is 0 Å². The highest BCUT2D eigenvalue weighted by Gasteiger charge is 2.58. The summed E-state index contributed by atoms with van der Waals surface area (Å²) in [6, 6.07) is 6.05.